The van der Waals surface area contributed by atoms with Gasteiger partial charge in [-0.1, -0.05) is 84.9 Å². The highest BCUT2D eigenvalue weighted by Gasteiger charge is 2.51. The van der Waals surface area contributed by atoms with E-state index < -0.39 is 5.41 Å². The Hall–Kier alpha value is -4.30. The average molecular weight is 422 g/mol. The standard InChI is InChI=1S/C31H18O2/c1-4-12-22-19(9-1)20-10-2-5-13-23(20)31(22)24-14-6-8-16-27(24)33-30-25(31)17-18-28-29(30)21-11-3-7-15-26(21)32-28/h1-18H. The third-order valence-electron chi connectivity index (χ3n) is 7.36. The second kappa shape index (κ2) is 5.93. The van der Waals surface area contributed by atoms with Crippen LogP contribution in [0.2, 0.25) is 0 Å². The predicted octanol–water partition coefficient (Wildman–Crippen LogP) is 8.05. The molecule has 2 heteroatoms. The Morgan fingerprint density at radius 2 is 1.12 bits per heavy atom. The van der Waals surface area contributed by atoms with Gasteiger partial charge in [0.2, 0.25) is 0 Å². The van der Waals surface area contributed by atoms with Crippen LogP contribution < -0.4 is 4.74 Å². The molecule has 0 bridgehead atoms. The van der Waals surface area contributed by atoms with Crippen molar-refractivity contribution in [3.63, 3.8) is 0 Å². The Labute approximate surface area is 190 Å². The van der Waals surface area contributed by atoms with Crippen molar-refractivity contribution in [1.29, 1.82) is 0 Å². The van der Waals surface area contributed by atoms with Crippen LogP contribution in [0.1, 0.15) is 22.3 Å². The first-order chi connectivity index (χ1) is 16.4. The highest BCUT2D eigenvalue weighted by Crippen LogP contribution is 2.63. The molecule has 2 aliphatic rings. The van der Waals surface area contributed by atoms with Gasteiger partial charge in [0.25, 0.3) is 0 Å². The average Bonchev–Trinajstić information content (AvgIpc) is 3.39. The molecule has 154 valence electrons. The molecule has 0 atom stereocenters. The molecular weight excluding hydrogens is 404 g/mol. The number of furan rings is 1. The lowest BCUT2D eigenvalue weighted by molar-refractivity contribution is 0.441. The molecule has 33 heavy (non-hydrogen) atoms. The lowest BCUT2D eigenvalue weighted by atomic mass is 9.66. The van der Waals surface area contributed by atoms with E-state index in [9.17, 15) is 0 Å². The summed E-state index contributed by atoms with van der Waals surface area (Å²) in [5.74, 6) is 1.79. The van der Waals surface area contributed by atoms with E-state index in [2.05, 4.69) is 97.1 Å². The quantitative estimate of drug-likeness (QED) is 0.247. The van der Waals surface area contributed by atoms with E-state index in [0.29, 0.717) is 0 Å². The molecule has 1 aromatic heterocycles. The predicted molar refractivity (Wildman–Crippen MR) is 131 cm³/mol. The summed E-state index contributed by atoms with van der Waals surface area (Å²) >= 11 is 0. The van der Waals surface area contributed by atoms with Gasteiger partial charge >= 0.3 is 0 Å². The Kier molecular flexibility index (Phi) is 3.11. The van der Waals surface area contributed by atoms with Crippen molar-refractivity contribution >= 4 is 21.9 Å². The summed E-state index contributed by atoms with van der Waals surface area (Å²) in [5, 5.41) is 2.12. The molecule has 0 amide bonds. The van der Waals surface area contributed by atoms with E-state index in [4.69, 9.17) is 9.15 Å². The maximum atomic E-state index is 6.71. The van der Waals surface area contributed by atoms with Gasteiger partial charge in [-0.25, -0.2) is 0 Å². The Morgan fingerprint density at radius 1 is 0.485 bits per heavy atom. The summed E-state index contributed by atoms with van der Waals surface area (Å²) in [6, 6.07) is 38.6. The summed E-state index contributed by atoms with van der Waals surface area (Å²) < 4.78 is 12.9. The highest BCUT2D eigenvalue weighted by molar-refractivity contribution is 6.10. The molecule has 6 aromatic rings. The smallest absolute Gasteiger partial charge is 0.143 e. The van der Waals surface area contributed by atoms with E-state index >= 15 is 0 Å². The van der Waals surface area contributed by atoms with E-state index in [1.165, 1.54) is 27.8 Å². The van der Waals surface area contributed by atoms with Crippen LogP contribution in [0.15, 0.2) is 114 Å². The second-order valence-electron chi connectivity index (χ2n) is 8.85. The van der Waals surface area contributed by atoms with Gasteiger partial charge in [0.15, 0.2) is 0 Å². The third-order valence-corrected chi connectivity index (χ3v) is 7.36. The largest absolute Gasteiger partial charge is 0.456 e. The van der Waals surface area contributed by atoms with Crippen LogP contribution in [-0.4, -0.2) is 0 Å². The van der Waals surface area contributed by atoms with E-state index in [-0.39, 0.29) is 0 Å². The fraction of sp³-hybridized carbons (Fsp3) is 0.0323. The molecule has 8 rings (SSSR count). The minimum absolute atomic E-state index is 0.441. The molecule has 5 aromatic carbocycles. The van der Waals surface area contributed by atoms with Crippen molar-refractivity contribution in [1.82, 2.24) is 0 Å². The van der Waals surface area contributed by atoms with Gasteiger partial charge in [0.1, 0.15) is 22.7 Å². The first-order valence-electron chi connectivity index (χ1n) is 11.3. The fourth-order valence-electron chi connectivity index (χ4n) is 6.12. The second-order valence-corrected chi connectivity index (χ2v) is 8.85. The van der Waals surface area contributed by atoms with E-state index in [0.717, 1.165) is 39.0 Å². The van der Waals surface area contributed by atoms with Crippen LogP contribution in [0.25, 0.3) is 33.1 Å². The van der Waals surface area contributed by atoms with Gasteiger partial charge in [-0.3, -0.25) is 0 Å². The summed E-state index contributed by atoms with van der Waals surface area (Å²) in [4.78, 5) is 0. The summed E-state index contributed by atoms with van der Waals surface area (Å²) in [6.07, 6.45) is 0. The van der Waals surface area contributed by atoms with Crippen LogP contribution in [0.4, 0.5) is 0 Å². The van der Waals surface area contributed by atoms with E-state index in [1.807, 2.05) is 12.1 Å². The monoisotopic (exact) mass is 422 g/mol. The lowest BCUT2D eigenvalue weighted by Gasteiger charge is -2.39. The normalized spacial score (nSPS) is 14.5. The zero-order valence-electron chi connectivity index (χ0n) is 17.7. The summed E-state index contributed by atoms with van der Waals surface area (Å²) in [6.45, 7) is 0. The third kappa shape index (κ3) is 1.96. The zero-order chi connectivity index (χ0) is 21.6. The van der Waals surface area contributed by atoms with Gasteiger partial charge in [0, 0.05) is 16.5 Å². The molecule has 0 radical (unpaired) electrons. The van der Waals surface area contributed by atoms with Crippen molar-refractivity contribution in [2.75, 3.05) is 0 Å². The maximum Gasteiger partial charge on any atom is 0.143 e. The van der Waals surface area contributed by atoms with Crippen molar-refractivity contribution in [3.8, 4) is 22.6 Å². The first kappa shape index (κ1) is 17.3. The Morgan fingerprint density at radius 3 is 1.91 bits per heavy atom. The Balaban J connectivity index is 1.62. The van der Waals surface area contributed by atoms with Crippen LogP contribution >= 0.6 is 0 Å². The molecule has 1 spiro atoms. The number of ether oxygens (including phenoxy) is 1. The van der Waals surface area contributed by atoms with Crippen molar-refractivity contribution in [3.05, 3.63) is 131 Å². The Bertz CT molecular complexity index is 1710. The lowest BCUT2D eigenvalue weighted by Crippen LogP contribution is -2.32. The molecule has 1 aliphatic heterocycles. The van der Waals surface area contributed by atoms with Crippen LogP contribution in [0.3, 0.4) is 0 Å². The molecule has 2 nitrogen and oxygen atoms in total. The molecule has 0 N–H and O–H groups in total. The topological polar surface area (TPSA) is 22.4 Å². The van der Waals surface area contributed by atoms with Gasteiger partial charge in [-0.2, -0.15) is 0 Å². The molecule has 0 saturated heterocycles. The molecule has 0 saturated carbocycles. The van der Waals surface area contributed by atoms with Crippen molar-refractivity contribution < 1.29 is 9.15 Å². The number of rotatable bonds is 0. The highest BCUT2D eigenvalue weighted by atomic mass is 16.5. The van der Waals surface area contributed by atoms with Crippen LogP contribution in [0, 0.1) is 0 Å². The zero-order valence-corrected chi connectivity index (χ0v) is 17.7. The van der Waals surface area contributed by atoms with Crippen LogP contribution in [-0.2, 0) is 5.41 Å². The molecule has 2 heterocycles. The number of hydrogen-bond donors (Lipinski definition) is 0. The summed E-state index contributed by atoms with van der Waals surface area (Å²) in [7, 11) is 0. The van der Waals surface area contributed by atoms with Gasteiger partial charge in [-0.15, -0.1) is 0 Å². The van der Waals surface area contributed by atoms with Gasteiger partial charge in [0.05, 0.1) is 10.8 Å². The minimum Gasteiger partial charge on any atom is -0.456 e. The molecular formula is C31H18O2. The minimum atomic E-state index is -0.441. The van der Waals surface area contributed by atoms with Crippen molar-refractivity contribution in [2.24, 2.45) is 0 Å². The van der Waals surface area contributed by atoms with Crippen molar-refractivity contribution in [2.45, 2.75) is 5.41 Å². The van der Waals surface area contributed by atoms with E-state index in [1.54, 1.807) is 0 Å². The van der Waals surface area contributed by atoms with Crippen LogP contribution in [0.5, 0.6) is 11.5 Å². The number of para-hydroxylation sites is 2. The first-order valence-corrected chi connectivity index (χ1v) is 11.3. The fourth-order valence-corrected chi connectivity index (χ4v) is 6.12. The molecule has 1 aliphatic carbocycles. The molecule has 0 unspecified atom stereocenters. The molecule has 0 fully saturated rings. The number of fused-ring (bicyclic) bond motifs is 13. The SMILES string of the molecule is c1ccc2c(c1)Oc1c(ccc3oc4ccccc4c13)C21c2ccccc2-c2ccccc21. The number of benzene rings is 5. The number of hydrogen-bond acceptors (Lipinski definition) is 2. The summed E-state index contributed by atoms with van der Waals surface area (Å²) in [5.41, 5.74) is 8.81. The maximum absolute atomic E-state index is 6.71. The van der Waals surface area contributed by atoms with Gasteiger partial charge in [-0.05, 0) is 46.5 Å². The van der Waals surface area contributed by atoms with Gasteiger partial charge < -0.3 is 9.15 Å².